The predicted octanol–water partition coefficient (Wildman–Crippen LogP) is 0.386. The molecule has 0 spiro atoms. The summed E-state index contributed by atoms with van der Waals surface area (Å²) >= 11 is 0. The zero-order chi connectivity index (χ0) is 20.3. The summed E-state index contributed by atoms with van der Waals surface area (Å²) in [7, 11) is 4.80. The molecule has 1 N–H and O–H groups in total. The van der Waals surface area contributed by atoms with Gasteiger partial charge in [0.05, 0.1) is 13.7 Å². The van der Waals surface area contributed by atoms with Gasteiger partial charge in [-0.15, -0.1) is 5.10 Å². The summed E-state index contributed by atoms with van der Waals surface area (Å²) in [6.07, 6.45) is 1.58. The molecule has 146 valence electrons. The molecule has 0 aliphatic heterocycles. The smallest absolute Gasteiger partial charge is 0.345 e. The summed E-state index contributed by atoms with van der Waals surface area (Å²) in [5.41, 5.74) is 0.153. The van der Waals surface area contributed by atoms with Crippen LogP contribution in [0.4, 0.5) is 0 Å². The Morgan fingerprint density at radius 1 is 1.14 bits per heavy atom. The second-order valence-electron chi connectivity index (χ2n) is 6.21. The lowest BCUT2D eigenvalue weighted by atomic mass is 10.2. The molecule has 9 heteroatoms. The third-order valence-corrected chi connectivity index (χ3v) is 4.37. The first-order chi connectivity index (χ1) is 13.4. The van der Waals surface area contributed by atoms with Crippen molar-refractivity contribution in [3.8, 4) is 17.1 Å². The molecule has 3 aromatic rings. The van der Waals surface area contributed by atoms with E-state index in [1.54, 1.807) is 45.6 Å². The number of hydrogen-bond donors (Lipinski definition) is 1. The summed E-state index contributed by atoms with van der Waals surface area (Å²) in [5, 5.41) is 6.99. The summed E-state index contributed by atoms with van der Waals surface area (Å²) in [4.78, 5) is 36.6. The van der Waals surface area contributed by atoms with Gasteiger partial charge in [-0.3, -0.25) is 14.2 Å². The van der Waals surface area contributed by atoms with Crippen LogP contribution in [-0.4, -0.2) is 38.5 Å². The molecule has 28 heavy (non-hydrogen) atoms. The molecule has 0 aliphatic rings. The number of benzene rings is 1. The molecule has 0 saturated carbocycles. The number of ether oxygens (including phenoxy) is 1. The van der Waals surface area contributed by atoms with E-state index in [-0.39, 0.29) is 29.9 Å². The average molecular weight is 383 g/mol. The average Bonchev–Trinajstić information content (AvgIpc) is 2.98. The van der Waals surface area contributed by atoms with E-state index in [2.05, 4.69) is 10.4 Å². The number of hydrogen-bond acceptors (Lipinski definition) is 5. The number of pyridine rings is 1. The molecular weight excluding hydrogens is 362 g/mol. The van der Waals surface area contributed by atoms with Crippen molar-refractivity contribution in [2.45, 2.75) is 6.54 Å². The minimum atomic E-state index is -0.486. The first-order valence-corrected chi connectivity index (χ1v) is 8.64. The molecule has 0 saturated heterocycles. The molecule has 2 aromatic heterocycles. The number of methoxy groups -OCH3 is 1. The van der Waals surface area contributed by atoms with Crippen LogP contribution in [0.25, 0.3) is 11.4 Å². The lowest BCUT2D eigenvalue weighted by Gasteiger charge is -2.05. The summed E-state index contributed by atoms with van der Waals surface area (Å²) in [6, 6.07) is 10.3. The quantitative estimate of drug-likeness (QED) is 0.664. The van der Waals surface area contributed by atoms with Gasteiger partial charge in [-0.1, -0.05) is 0 Å². The molecule has 0 unspecified atom stereocenters. The second-order valence-corrected chi connectivity index (χ2v) is 6.21. The van der Waals surface area contributed by atoms with E-state index >= 15 is 0 Å². The first-order valence-electron chi connectivity index (χ1n) is 8.64. The Balaban J connectivity index is 1.71. The molecule has 9 nitrogen and oxygen atoms in total. The fourth-order valence-corrected chi connectivity index (χ4v) is 2.77. The van der Waals surface area contributed by atoms with Crippen molar-refractivity contribution < 1.29 is 9.53 Å². The number of carbonyl (C=O) groups is 1. The molecule has 0 fully saturated rings. The number of nitrogens with zero attached hydrogens (tertiary/aromatic N) is 4. The van der Waals surface area contributed by atoms with Crippen LogP contribution in [-0.2, 0) is 20.6 Å². The third kappa shape index (κ3) is 3.73. The molecule has 0 atom stereocenters. The Hall–Kier alpha value is -3.62. The van der Waals surface area contributed by atoms with Gasteiger partial charge in [0.2, 0.25) is 0 Å². The van der Waals surface area contributed by atoms with Crippen LogP contribution in [0, 0.1) is 0 Å². The Labute approximate surface area is 160 Å². The van der Waals surface area contributed by atoms with Crippen LogP contribution in [0.2, 0.25) is 0 Å². The third-order valence-electron chi connectivity index (χ3n) is 4.37. The van der Waals surface area contributed by atoms with E-state index in [0.717, 1.165) is 5.56 Å². The number of amides is 1. The molecular formula is C19H21N5O4. The van der Waals surface area contributed by atoms with Gasteiger partial charge in [-0.05, 0) is 36.4 Å². The van der Waals surface area contributed by atoms with Crippen molar-refractivity contribution in [3.63, 3.8) is 0 Å². The highest BCUT2D eigenvalue weighted by Gasteiger charge is 2.14. The van der Waals surface area contributed by atoms with Crippen LogP contribution >= 0.6 is 0 Å². The molecule has 0 radical (unpaired) electrons. The van der Waals surface area contributed by atoms with E-state index in [1.807, 2.05) is 12.1 Å². The van der Waals surface area contributed by atoms with Gasteiger partial charge in [0.15, 0.2) is 5.82 Å². The SMILES string of the molecule is COc1ccc(-c2nn(CCNC(=O)c3cccn(C)c3=O)c(=O)n2C)cc1. The number of aryl methyl sites for hydroxylation is 1. The van der Waals surface area contributed by atoms with E-state index in [1.165, 1.54) is 19.9 Å². The van der Waals surface area contributed by atoms with Crippen LogP contribution in [0.5, 0.6) is 5.75 Å². The maximum Gasteiger partial charge on any atom is 0.345 e. The van der Waals surface area contributed by atoms with Crippen molar-refractivity contribution in [3.05, 3.63) is 69.0 Å². The van der Waals surface area contributed by atoms with Gasteiger partial charge in [-0.25, -0.2) is 9.48 Å². The first kappa shape index (κ1) is 19.2. The van der Waals surface area contributed by atoms with Gasteiger partial charge >= 0.3 is 5.69 Å². The van der Waals surface area contributed by atoms with Crippen molar-refractivity contribution in [2.24, 2.45) is 14.1 Å². The van der Waals surface area contributed by atoms with Crippen LogP contribution in [0.15, 0.2) is 52.2 Å². The van der Waals surface area contributed by atoms with Gasteiger partial charge in [0.1, 0.15) is 11.3 Å². The van der Waals surface area contributed by atoms with Crippen LogP contribution < -0.4 is 21.3 Å². The van der Waals surface area contributed by atoms with E-state index in [0.29, 0.717) is 11.6 Å². The summed E-state index contributed by atoms with van der Waals surface area (Å²) < 4.78 is 9.19. The fourth-order valence-electron chi connectivity index (χ4n) is 2.77. The number of carbonyl (C=O) groups excluding carboxylic acids is 1. The Morgan fingerprint density at radius 3 is 2.54 bits per heavy atom. The summed E-state index contributed by atoms with van der Waals surface area (Å²) in [5.74, 6) is 0.736. The monoisotopic (exact) mass is 383 g/mol. The van der Waals surface area contributed by atoms with Gasteiger partial charge in [0.25, 0.3) is 11.5 Å². The molecule has 1 aromatic carbocycles. The van der Waals surface area contributed by atoms with Gasteiger partial charge < -0.3 is 14.6 Å². The Bertz CT molecular complexity index is 1110. The lowest BCUT2D eigenvalue weighted by Crippen LogP contribution is -2.35. The van der Waals surface area contributed by atoms with Crippen LogP contribution in [0.1, 0.15) is 10.4 Å². The number of aromatic nitrogens is 4. The minimum absolute atomic E-state index is 0.0530. The van der Waals surface area contributed by atoms with E-state index in [9.17, 15) is 14.4 Å². The lowest BCUT2D eigenvalue weighted by molar-refractivity contribution is 0.0949. The zero-order valence-electron chi connectivity index (χ0n) is 15.9. The minimum Gasteiger partial charge on any atom is -0.497 e. The van der Waals surface area contributed by atoms with Crippen molar-refractivity contribution in [2.75, 3.05) is 13.7 Å². The van der Waals surface area contributed by atoms with Crippen molar-refractivity contribution in [1.29, 1.82) is 0 Å². The van der Waals surface area contributed by atoms with Crippen LogP contribution in [0.3, 0.4) is 0 Å². The molecule has 0 bridgehead atoms. The number of rotatable bonds is 6. The molecule has 0 aliphatic carbocycles. The highest BCUT2D eigenvalue weighted by Crippen LogP contribution is 2.19. The maximum atomic E-state index is 12.4. The Kier molecular flexibility index (Phi) is 5.44. The zero-order valence-corrected chi connectivity index (χ0v) is 15.9. The Morgan fingerprint density at radius 2 is 1.86 bits per heavy atom. The summed E-state index contributed by atoms with van der Waals surface area (Å²) in [6.45, 7) is 0.345. The normalized spacial score (nSPS) is 10.7. The largest absolute Gasteiger partial charge is 0.497 e. The molecule has 2 heterocycles. The molecule has 1 amide bonds. The van der Waals surface area contributed by atoms with Gasteiger partial charge in [-0.2, -0.15) is 0 Å². The maximum absolute atomic E-state index is 12.4. The van der Waals surface area contributed by atoms with E-state index in [4.69, 9.17) is 4.74 Å². The van der Waals surface area contributed by atoms with E-state index < -0.39 is 5.91 Å². The highest BCUT2D eigenvalue weighted by molar-refractivity contribution is 5.93. The van der Waals surface area contributed by atoms with Gasteiger partial charge in [0, 0.05) is 32.4 Å². The molecule has 3 rings (SSSR count). The predicted molar refractivity (Wildman–Crippen MR) is 103 cm³/mol. The number of nitrogens with one attached hydrogen (secondary N) is 1. The fraction of sp³-hybridized carbons (Fsp3) is 0.263. The highest BCUT2D eigenvalue weighted by atomic mass is 16.5. The topological polar surface area (TPSA) is 100 Å². The van der Waals surface area contributed by atoms with Crippen molar-refractivity contribution in [1.82, 2.24) is 24.2 Å². The standard InChI is InChI=1S/C19H21N5O4/c1-22-11-4-5-15(18(22)26)17(25)20-10-12-24-19(27)23(2)16(21-24)13-6-8-14(28-3)9-7-13/h4-9,11H,10,12H2,1-3H3,(H,20,25). The van der Waals surface area contributed by atoms with Crippen molar-refractivity contribution >= 4 is 5.91 Å². The second kappa shape index (κ2) is 7.95.